The molecule has 2 fully saturated rings. The van der Waals surface area contributed by atoms with Crippen LogP contribution in [0.15, 0.2) is 0 Å². The molecule has 136 valence electrons. The lowest BCUT2D eigenvalue weighted by Gasteiger charge is -2.33. The van der Waals surface area contributed by atoms with Gasteiger partial charge < -0.3 is 34.6 Å². The molecule has 2 atom stereocenters. The van der Waals surface area contributed by atoms with Gasteiger partial charge in [0, 0.05) is 19.6 Å². The summed E-state index contributed by atoms with van der Waals surface area (Å²) >= 11 is 0. The van der Waals surface area contributed by atoms with Gasteiger partial charge in [-0.1, -0.05) is 0 Å². The highest BCUT2D eigenvalue weighted by Crippen LogP contribution is 2.12. The molecule has 2 rings (SSSR count). The van der Waals surface area contributed by atoms with Crippen LogP contribution in [0.25, 0.3) is 0 Å². The van der Waals surface area contributed by atoms with Crippen LogP contribution >= 0.6 is 0 Å². The van der Waals surface area contributed by atoms with E-state index in [9.17, 15) is 4.79 Å². The molecule has 2 heterocycles. The first-order valence-corrected chi connectivity index (χ1v) is 7.99. The Morgan fingerprint density at radius 3 is 2.35 bits per heavy atom. The molecule has 8 heteroatoms. The fourth-order valence-electron chi connectivity index (χ4n) is 2.06. The van der Waals surface area contributed by atoms with Crippen molar-refractivity contribution in [1.82, 2.24) is 10.2 Å². The van der Waals surface area contributed by atoms with Crippen molar-refractivity contribution in [2.45, 2.75) is 38.6 Å². The van der Waals surface area contributed by atoms with Crippen LogP contribution in [0.1, 0.15) is 20.8 Å². The van der Waals surface area contributed by atoms with Crippen LogP contribution in [0.4, 0.5) is 4.79 Å². The Bertz CT molecular complexity index is 341. The number of carbonyl (C=O) groups is 1. The molecule has 23 heavy (non-hydrogen) atoms. The Morgan fingerprint density at radius 2 is 1.87 bits per heavy atom. The van der Waals surface area contributed by atoms with Crippen molar-refractivity contribution < 1.29 is 29.2 Å². The quantitative estimate of drug-likeness (QED) is 0.631. The third-order valence-corrected chi connectivity index (χ3v) is 3.20. The zero-order valence-corrected chi connectivity index (χ0v) is 14.3. The molecular formula is C15H30N2O6. The van der Waals surface area contributed by atoms with E-state index in [1.165, 1.54) is 0 Å². The van der Waals surface area contributed by atoms with Crippen molar-refractivity contribution in [1.29, 1.82) is 0 Å². The molecule has 0 aliphatic carbocycles. The molecule has 0 radical (unpaired) electrons. The summed E-state index contributed by atoms with van der Waals surface area (Å²) in [5.74, 6) is 0. The van der Waals surface area contributed by atoms with Crippen molar-refractivity contribution in [2.24, 2.45) is 0 Å². The summed E-state index contributed by atoms with van der Waals surface area (Å²) < 4.78 is 15.6. The van der Waals surface area contributed by atoms with Gasteiger partial charge in [0.05, 0.1) is 45.2 Å². The fraction of sp³-hybridized carbons (Fsp3) is 0.933. The highest BCUT2D eigenvalue weighted by atomic mass is 16.6. The minimum absolute atomic E-state index is 0.0312. The van der Waals surface area contributed by atoms with Crippen LogP contribution in [0, 0.1) is 0 Å². The zero-order valence-electron chi connectivity index (χ0n) is 14.3. The highest BCUT2D eigenvalue weighted by molar-refractivity contribution is 5.68. The van der Waals surface area contributed by atoms with E-state index in [-0.39, 0.29) is 31.5 Å². The van der Waals surface area contributed by atoms with Crippen LogP contribution in [0.2, 0.25) is 0 Å². The standard InChI is InChI=1S/C10H19NO4.C5H11NO2/c1-10(2,3)15-9(13)11-4-5-14-8(6-11)7-12;7-4-5-3-6-1-2-8-5/h8,12H,4-7H2,1-3H3;5-7H,1-4H2/t8-;5-/m11/s1. The smallest absolute Gasteiger partial charge is 0.410 e. The summed E-state index contributed by atoms with van der Waals surface area (Å²) in [5, 5.41) is 20.5. The van der Waals surface area contributed by atoms with E-state index in [1.807, 2.05) is 20.8 Å². The van der Waals surface area contributed by atoms with Gasteiger partial charge >= 0.3 is 6.09 Å². The van der Waals surface area contributed by atoms with E-state index in [1.54, 1.807) is 4.90 Å². The molecule has 3 N–H and O–H groups in total. The molecule has 0 spiro atoms. The molecule has 0 unspecified atom stereocenters. The molecule has 8 nitrogen and oxygen atoms in total. The fourth-order valence-corrected chi connectivity index (χ4v) is 2.06. The van der Waals surface area contributed by atoms with Gasteiger partial charge in [0.25, 0.3) is 0 Å². The van der Waals surface area contributed by atoms with Crippen molar-refractivity contribution in [3.05, 3.63) is 0 Å². The van der Waals surface area contributed by atoms with E-state index in [0.717, 1.165) is 19.7 Å². The third kappa shape index (κ3) is 8.47. The number of hydrogen-bond donors (Lipinski definition) is 3. The van der Waals surface area contributed by atoms with Crippen LogP contribution in [-0.4, -0.2) is 91.6 Å². The normalized spacial score (nSPS) is 25.3. The summed E-state index contributed by atoms with van der Waals surface area (Å²) in [7, 11) is 0. The van der Waals surface area contributed by atoms with Crippen molar-refractivity contribution in [3.63, 3.8) is 0 Å². The van der Waals surface area contributed by atoms with Gasteiger partial charge in [0.15, 0.2) is 0 Å². The average molecular weight is 334 g/mol. The highest BCUT2D eigenvalue weighted by Gasteiger charge is 2.27. The Kier molecular flexibility index (Phi) is 8.78. The van der Waals surface area contributed by atoms with Crippen molar-refractivity contribution in [2.75, 3.05) is 52.6 Å². The Labute approximate surface area is 137 Å². The molecule has 0 aromatic carbocycles. The number of aliphatic hydroxyl groups excluding tert-OH is 2. The second-order valence-corrected chi connectivity index (χ2v) is 6.48. The number of amides is 1. The minimum Gasteiger partial charge on any atom is -0.444 e. The maximum Gasteiger partial charge on any atom is 0.410 e. The summed E-state index contributed by atoms with van der Waals surface area (Å²) in [6, 6.07) is 0. The maximum absolute atomic E-state index is 11.6. The predicted octanol–water partition coefficient (Wildman–Crippen LogP) is -0.418. The Balaban J connectivity index is 0.000000277. The lowest BCUT2D eigenvalue weighted by Crippen LogP contribution is -2.48. The molecule has 0 bridgehead atoms. The molecule has 0 saturated carbocycles. The largest absolute Gasteiger partial charge is 0.444 e. The van der Waals surface area contributed by atoms with Gasteiger partial charge in [-0.05, 0) is 20.8 Å². The van der Waals surface area contributed by atoms with E-state index in [0.29, 0.717) is 19.7 Å². The van der Waals surface area contributed by atoms with Gasteiger partial charge in [-0.2, -0.15) is 0 Å². The number of hydrogen-bond acceptors (Lipinski definition) is 7. The number of aliphatic hydroxyl groups is 2. The maximum atomic E-state index is 11.6. The van der Waals surface area contributed by atoms with E-state index < -0.39 is 5.60 Å². The molecular weight excluding hydrogens is 304 g/mol. The van der Waals surface area contributed by atoms with Gasteiger partial charge in [-0.3, -0.25) is 0 Å². The van der Waals surface area contributed by atoms with Crippen LogP contribution < -0.4 is 5.32 Å². The van der Waals surface area contributed by atoms with Gasteiger partial charge in [-0.15, -0.1) is 0 Å². The van der Waals surface area contributed by atoms with Gasteiger partial charge in [-0.25, -0.2) is 4.79 Å². The second kappa shape index (κ2) is 10.0. The van der Waals surface area contributed by atoms with E-state index >= 15 is 0 Å². The number of nitrogens with one attached hydrogen (secondary N) is 1. The lowest BCUT2D eigenvalue weighted by atomic mass is 10.2. The summed E-state index contributed by atoms with van der Waals surface area (Å²) in [4.78, 5) is 13.2. The average Bonchev–Trinajstić information content (AvgIpc) is 2.54. The van der Waals surface area contributed by atoms with Crippen molar-refractivity contribution in [3.8, 4) is 0 Å². The number of nitrogens with zero attached hydrogens (tertiary/aromatic N) is 1. The number of ether oxygens (including phenoxy) is 3. The van der Waals surface area contributed by atoms with Gasteiger partial charge in [0.2, 0.25) is 0 Å². The van der Waals surface area contributed by atoms with Crippen LogP contribution in [-0.2, 0) is 14.2 Å². The SMILES string of the molecule is CC(C)(C)OC(=O)N1CCO[C@@H](CO)C1.OC[C@H]1CNCCO1. The van der Waals surface area contributed by atoms with E-state index in [2.05, 4.69) is 5.32 Å². The molecule has 2 saturated heterocycles. The Hall–Kier alpha value is -0.930. The second-order valence-electron chi connectivity index (χ2n) is 6.48. The number of carbonyl (C=O) groups excluding carboxylic acids is 1. The molecule has 2 aliphatic heterocycles. The van der Waals surface area contributed by atoms with Crippen molar-refractivity contribution >= 4 is 6.09 Å². The summed E-state index contributed by atoms with van der Waals surface area (Å²) in [6.07, 6.45) is -0.598. The molecule has 0 aromatic heterocycles. The topological polar surface area (TPSA) is 100 Å². The lowest BCUT2D eigenvalue weighted by molar-refractivity contribution is -0.0593. The number of morpholine rings is 2. The first-order valence-electron chi connectivity index (χ1n) is 7.99. The van der Waals surface area contributed by atoms with Crippen LogP contribution in [0.5, 0.6) is 0 Å². The third-order valence-electron chi connectivity index (χ3n) is 3.20. The predicted molar refractivity (Wildman–Crippen MR) is 84.3 cm³/mol. The zero-order chi connectivity index (χ0) is 17.3. The number of rotatable bonds is 2. The summed E-state index contributed by atoms with van der Waals surface area (Å²) in [5.41, 5.74) is -0.482. The molecule has 0 aromatic rings. The first-order chi connectivity index (χ1) is 10.9. The van der Waals surface area contributed by atoms with E-state index in [4.69, 9.17) is 24.4 Å². The molecule has 1 amide bonds. The summed E-state index contributed by atoms with van der Waals surface area (Å²) in [6.45, 7) is 9.34. The first kappa shape index (κ1) is 20.1. The van der Waals surface area contributed by atoms with Crippen LogP contribution in [0.3, 0.4) is 0 Å². The van der Waals surface area contributed by atoms with Gasteiger partial charge in [0.1, 0.15) is 5.60 Å². The molecule has 2 aliphatic rings. The minimum atomic E-state index is -0.482. The Morgan fingerprint density at radius 1 is 1.22 bits per heavy atom. The monoisotopic (exact) mass is 334 g/mol.